The van der Waals surface area contributed by atoms with Crippen molar-refractivity contribution in [2.24, 2.45) is 0 Å². The lowest BCUT2D eigenvalue weighted by Crippen LogP contribution is -2.61. The summed E-state index contributed by atoms with van der Waals surface area (Å²) in [5.41, 5.74) is 0.477. The summed E-state index contributed by atoms with van der Waals surface area (Å²) < 4.78 is 0. The summed E-state index contributed by atoms with van der Waals surface area (Å²) in [7, 11) is 0. The van der Waals surface area contributed by atoms with E-state index in [0.29, 0.717) is 18.1 Å². The van der Waals surface area contributed by atoms with Crippen molar-refractivity contribution in [2.75, 3.05) is 18.0 Å². The second kappa shape index (κ2) is 6.16. The summed E-state index contributed by atoms with van der Waals surface area (Å²) in [5, 5.41) is 3.53. The standard InChI is InChI=1S/C16H22ClN3O2/c1-11-14(21)20(13-7-5-12(17)6-8-13)10-9-19(11)15(22)18-16(2,3)4/h5-8,11H,9-10H2,1-4H3,(H,18,22)/t11-/m1/s1. The highest BCUT2D eigenvalue weighted by Crippen LogP contribution is 2.22. The fraction of sp³-hybridized carbons (Fsp3) is 0.500. The first-order chi connectivity index (χ1) is 10.2. The number of urea groups is 1. The lowest BCUT2D eigenvalue weighted by atomic mass is 10.1. The van der Waals surface area contributed by atoms with Gasteiger partial charge in [0.25, 0.3) is 0 Å². The minimum absolute atomic E-state index is 0.0855. The third-order valence-corrected chi connectivity index (χ3v) is 3.79. The average Bonchev–Trinajstić information content (AvgIpc) is 2.41. The van der Waals surface area contributed by atoms with E-state index in [1.807, 2.05) is 32.9 Å². The lowest BCUT2D eigenvalue weighted by Gasteiger charge is -2.40. The molecule has 1 saturated heterocycles. The van der Waals surface area contributed by atoms with Crippen LogP contribution >= 0.6 is 11.6 Å². The van der Waals surface area contributed by atoms with E-state index in [0.717, 1.165) is 5.69 Å². The van der Waals surface area contributed by atoms with Crippen LogP contribution in [0.2, 0.25) is 5.02 Å². The first-order valence-electron chi connectivity index (χ1n) is 7.35. The normalized spacial score (nSPS) is 19.3. The molecule has 2 rings (SSSR count). The Morgan fingerprint density at radius 1 is 1.23 bits per heavy atom. The number of carbonyl (C=O) groups is 2. The summed E-state index contributed by atoms with van der Waals surface area (Å²) in [5.74, 6) is -0.0855. The van der Waals surface area contributed by atoms with Crippen molar-refractivity contribution in [1.82, 2.24) is 10.2 Å². The first-order valence-corrected chi connectivity index (χ1v) is 7.72. The Hall–Kier alpha value is -1.75. The molecule has 22 heavy (non-hydrogen) atoms. The quantitative estimate of drug-likeness (QED) is 0.864. The molecule has 0 bridgehead atoms. The Bertz CT molecular complexity index is 566. The van der Waals surface area contributed by atoms with E-state index in [-0.39, 0.29) is 17.5 Å². The molecular formula is C16H22ClN3O2. The highest BCUT2D eigenvalue weighted by atomic mass is 35.5. The van der Waals surface area contributed by atoms with Crippen LogP contribution in [-0.2, 0) is 4.79 Å². The molecule has 1 atom stereocenters. The number of anilines is 1. The van der Waals surface area contributed by atoms with Gasteiger partial charge < -0.3 is 15.1 Å². The number of nitrogens with zero attached hydrogens (tertiary/aromatic N) is 2. The van der Waals surface area contributed by atoms with Crippen LogP contribution in [0, 0.1) is 0 Å². The van der Waals surface area contributed by atoms with Crippen LogP contribution in [0.15, 0.2) is 24.3 Å². The molecule has 1 fully saturated rings. The Labute approximate surface area is 136 Å². The highest BCUT2D eigenvalue weighted by Gasteiger charge is 2.35. The molecular weight excluding hydrogens is 302 g/mol. The van der Waals surface area contributed by atoms with Crippen LogP contribution in [0.4, 0.5) is 10.5 Å². The third-order valence-electron chi connectivity index (χ3n) is 3.54. The predicted molar refractivity (Wildman–Crippen MR) is 88.3 cm³/mol. The number of halogens is 1. The largest absolute Gasteiger partial charge is 0.333 e. The van der Waals surface area contributed by atoms with Gasteiger partial charge in [0.1, 0.15) is 6.04 Å². The van der Waals surface area contributed by atoms with Gasteiger partial charge in [0.2, 0.25) is 5.91 Å². The molecule has 0 unspecified atom stereocenters. The van der Waals surface area contributed by atoms with Crippen LogP contribution in [0.1, 0.15) is 27.7 Å². The number of amides is 3. The molecule has 1 aromatic carbocycles. The lowest BCUT2D eigenvalue weighted by molar-refractivity contribution is -0.124. The third kappa shape index (κ3) is 3.71. The van der Waals surface area contributed by atoms with Crippen molar-refractivity contribution in [3.05, 3.63) is 29.3 Å². The topological polar surface area (TPSA) is 52.7 Å². The van der Waals surface area contributed by atoms with Crippen LogP contribution in [0.3, 0.4) is 0 Å². The fourth-order valence-electron chi connectivity index (χ4n) is 2.42. The zero-order valence-electron chi connectivity index (χ0n) is 13.4. The fourth-order valence-corrected chi connectivity index (χ4v) is 2.54. The van der Waals surface area contributed by atoms with Crippen LogP contribution in [0.5, 0.6) is 0 Å². The van der Waals surface area contributed by atoms with E-state index >= 15 is 0 Å². The minimum Gasteiger partial charge on any atom is -0.333 e. The predicted octanol–water partition coefficient (Wildman–Crippen LogP) is 2.89. The van der Waals surface area contributed by atoms with Gasteiger partial charge in [0.15, 0.2) is 0 Å². The Kier molecular flexibility index (Phi) is 4.66. The number of piperazine rings is 1. The molecule has 120 valence electrons. The Morgan fingerprint density at radius 2 is 1.82 bits per heavy atom. The van der Waals surface area contributed by atoms with Crippen molar-refractivity contribution < 1.29 is 9.59 Å². The molecule has 0 aliphatic carbocycles. The second-order valence-corrected chi connectivity index (χ2v) is 6.95. The second-order valence-electron chi connectivity index (χ2n) is 6.52. The molecule has 0 aromatic heterocycles. The van der Waals surface area contributed by atoms with Crippen molar-refractivity contribution in [2.45, 2.75) is 39.3 Å². The summed E-state index contributed by atoms with van der Waals surface area (Å²) in [6.07, 6.45) is 0. The zero-order valence-corrected chi connectivity index (χ0v) is 14.1. The van der Waals surface area contributed by atoms with Gasteiger partial charge in [-0.15, -0.1) is 0 Å². The average molecular weight is 324 g/mol. The summed E-state index contributed by atoms with van der Waals surface area (Å²) >= 11 is 5.88. The minimum atomic E-state index is -0.494. The van der Waals surface area contributed by atoms with E-state index in [1.54, 1.807) is 28.9 Å². The van der Waals surface area contributed by atoms with Gasteiger partial charge in [0.05, 0.1) is 0 Å². The number of nitrogens with one attached hydrogen (secondary N) is 1. The summed E-state index contributed by atoms with van der Waals surface area (Å²) in [6, 6.07) is 6.45. The van der Waals surface area contributed by atoms with Crippen molar-refractivity contribution in [3.8, 4) is 0 Å². The summed E-state index contributed by atoms with van der Waals surface area (Å²) in [6.45, 7) is 8.48. The van der Waals surface area contributed by atoms with E-state index in [1.165, 1.54) is 0 Å². The van der Waals surface area contributed by atoms with Gasteiger partial charge in [0, 0.05) is 29.3 Å². The Morgan fingerprint density at radius 3 is 2.36 bits per heavy atom. The Balaban J connectivity index is 2.11. The van der Waals surface area contributed by atoms with Gasteiger partial charge in [-0.1, -0.05) is 11.6 Å². The molecule has 5 nitrogen and oxygen atoms in total. The zero-order chi connectivity index (χ0) is 16.5. The van der Waals surface area contributed by atoms with Gasteiger partial charge in [-0.05, 0) is 52.0 Å². The highest BCUT2D eigenvalue weighted by molar-refractivity contribution is 6.30. The number of benzene rings is 1. The molecule has 0 radical (unpaired) electrons. The molecule has 6 heteroatoms. The molecule has 1 heterocycles. The maximum Gasteiger partial charge on any atom is 0.318 e. The van der Waals surface area contributed by atoms with E-state index in [9.17, 15) is 9.59 Å². The van der Waals surface area contributed by atoms with Gasteiger partial charge in [-0.25, -0.2) is 4.79 Å². The molecule has 0 spiro atoms. The molecule has 1 N–H and O–H groups in total. The number of rotatable bonds is 1. The molecule has 1 aliphatic heterocycles. The van der Waals surface area contributed by atoms with Crippen LogP contribution < -0.4 is 10.2 Å². The monoisotopic (exact) mass is 323 g/mol. The van der Waals surface area contributed by atoms with E-state index in [2.05, 4.69) is 5.32 Å². The number of hydrogen-bond donors (Lipinski definition) is 1. The molecule has 1 aromatic rings. The maximum absolute atomic E-state index is 12.6. The van der Waals surface area contributed by atoms with Crippen molar-refractivity contribution >= 4 is 29.2 Å². The van der Waals surface area contributed by atoms with E-state index in [4.69, 9.17) is 11.6 Å². The van der Waals surface area contributed by atoms with Crippen molar-refractivity contribution in [3.63, 3.8) is 0 Å². The van der Waals surface area contributed by atoms with Crippen LogP contribution in [-0.4, -0.2) is 41.5 Å². The molecule has 0 saturated carbocycles. The SMILES string of the molecule is C[C@@H]1C(=O)N(c2ccc(Cl)cc2)CCN1C(=O)NC(C)(C)C. The van der Waals surface area contributed by atoms with Gasteiger partial charge in [-0.2, -0.15) is 0 Å². The molecule has 1 aliphatic rings. The van der Waals surface area contributed by atoms with Gasteiger partial charge in [-0.3, -0.25) is 4.79 Å². The summed E-state index contributed by atoms with van der Waals surface area (Å²) in [4.78, 5) is 28.1. The number of carbonyl (C=O) groups excluding carboxylic acids is 2. The first kappa shape index (κ1) is 16.6. The smallest absolute Gasteiger partial charge is 0.318 e. The molecule has 3 amide bonds. The maximum atomic E-state index is 12.6. The van der Waals surface area contributed by atoms with Crippen molar-refractivity contribution in [1.29, 1.82) is 0 Å². The number of hydrogen-bond acceptors (Lipinski definition) is 2. The van der Waals surface area contributed by atoms with E-state index < -0.39 is 6.04 Å². The van der Waals surface area contributed by atoms with Crippen LogP contribution in [0.25, 0.3) is 0 Å². The van der Waals surface area contributed by atoms with Gasteiger partial charge >= 0.3 is 6.03 Å².